The molecule has 0 spiro atoms. The van der Waals surface area contributed by atoms with Gasteiger partial charge in [-0.2, -0.15) is 0 Å². The molecule has 8 aromatic carbocycles. The Kier molecular flexibility index (Phi) is 7.08. The molecule has 10 rings (SSSR count). The van der Waals surface area contributed by atoms with Crippen LogP contribution in [0.1, 0.15) is 5.48 Å². The van der Waals surface area contributed by atoms with Crippen LogP contribution in [-0.2, 0) is 0 Å². The SMILES string of the molecule is [2H]c1c([2H])c([2H])c2c(c1[2H])c1cccc(-c3cccc(-c4ccccc4)c3)c1n2-c1ccc(-c2cccc(-c3nc(-c4ccccc4)nc(-c4ccccc4)n3)c2)cc1. The van der Waals surface area contributed by atoms with E-state index >= 15 is 0 Å². The molecule has 0 bridgehead atoms. The number of benzene rings is 8. The highest BCUT2D eigenvalue weighted by molar-refractivity contribution is 6.14. The van der Waals surface area contributed by atoms with Crippen molar-refractivity contribution in [2.75, 3.05) is 0 Å². The molecular formula is C51H34N4. The van der Waals surface area contributed by atoms with E-state index in [1.165, 1.54) is 0 Å². The molecule has 0 saturated heterocycles. The number of hydrogen-bond acceptors (Lipinski definition) is 3. The zero-order valence-corrected chi connectivity index (χ0v) is 29.6. The zero-order chi connectivity index (χ0) is 40.0. The fourth-order valence-electron chi connectivity index (χ4n) is 7.33. The number of nitrogens with zero attached hydrogens (tertiary/aromatic N) is 4. The summed E-state index contributed by atoms with van der Waals surface area (Å²) in [5.41, 5.74) is 10.7. The molecule has 4 heteroatoms. The van der Waals surface area contributed by atoms with E-state index in [9.17, 15) is 0 Å². The third-order valence-corrected chi connectivity index (χ3v) is 9.98. The second-order valence-corrected chi connectivity index (χ2v) is 13.4. The standard InChI is InChI=1S/C51H34N4/c1-4-15-35(16-5-1)39-21-12-23-41(33-39)44-26-14-27-46-45-25-10-11-28-47(45)55(48(44)46)43-31-29-36(30-32-43)40-22-13-24-42(34-40)51-53-49(37-17-6-2-7-18-37)52-50(54-51)38-19-8-3-9-20-38/h1-34H/i10D,11D,25D,28D. The minimum absolute atomic E-state index is 0.0578. The first-order valence-electron chi connectivity index (χ1n) is 20.2. The number of aromatic nitrogens is 4. The van der Waals surface area contributed by atoms with Gasteiger partial charge in [-0.25, -0.2) is 15.0 Å². The van der Waals surface area contributed by atoms with E-state index in [4.69, 9.17) is 20.4 Å². The smallest absolute Gasteiger partial charge is 0.164 e. The van der Waals surface area contributed by atoms with Crippen LogP contribution in [0.25, 0.3) is 95.0 Å². The molecule has 0 unspecified atom stereocenters. The summed E-state index contributed by atoms with van der Waals surface area (Å²) in [6.07, 6.45) is 0. The lowest BCUT2D eigenvalue weighted by atomic mass is 9.97. The van der Waals surface area contributed by atoms with Crippen LogP contribution in [-0.4, -0.2) is 19.5 Å². The molecule has 0 N–H and O–H groups in total. The van der Waals surface area contributed by atoms with Gasteiger partial charge in [-0.3, -0.25) is 0 Å². The first kappa shape index (κ1) is 28.1. The lowest BCUT2D eigenvalue weighted by Crippen LogP contribution is -2.00. The molecule has 55 heavy (non-hydrogen) atoms. The summed E-state index contributed by atoms with van der Waals surface area (Å²) in [5, 5.41) is 1.25. The van der Waals surface area contributed by atoms with E-state index in [1.807, 2.05) is 126 Å². The summed E-state index contributed by atoms with van der Waals surface area (Å²) in [6.45, 7) is 0. The summed E-state index contributed by atoms with van der Waals surface area (Å²) in [6, 6.07) is 60.1. The monoisotopic (exact) mass is 706 g/mol. The number of para-hydroxylation sites is 2. The van der Waals surface area contributed by atoms with Gasteiger partial charge in [0.05, 0.1) is 16.5 Å². The highest BCUT2D eigenvalue weighted by Gasteiger charge is 2.17. The Labute approximate surface area is 325 Å². The van der Waals surface area contributed by atoms with Crippen LogP contribution >= 0.6 is 0 Å². The Morgan fingerprint density at radius 1 is 0.364 bits per heavy atom. The molecule has 10 aromatic rings. The van der Waals surface area contributed by atoms with E-state index < -0.39 is 0 Å². The first-order chi connectivity index (χ1) is 28.9. The maximum absolute atomic E-state index is 9.16. The molecule has 0 amide bonds. The minimum Gasteiger partial charge on any atom is -0.309 e. The molecule has 0 aliphatic heterocycles. The van der Waals surface area contributed by atoms with Gasteiger partial charge in [0.15, 0.2) is 17.5 Å². The van der Waals surface area contributed by atoms with Crippen molar-refractivity contribution in [3.05, 3.63) is 206 Å². The summed E-state index contributed by atoms with van der Waals surface area (Å²) >= 11 is 0. The minimum atomic E-state index is -0.267. The normalized spacial score (nSPS) is 12.3. The summed E-state index contributed by atoms with van der Waals surface area (Å²) in [7, 11) is 0. The van der Waals surface area contributed by atoms with Crippen LogP contribution in [0.4, 0.5) is 0 Å². The fourth-order valence-corrected chi connectivity index (χ4v) is 7.33. The van der Waals surface area contributed by atoms with Gasteiger partial charge in [-0.05, 0) is 58.1 Å². The van der Waals surface area contributed by atoms with Gasteiger partial charge in [0.25, 0.3) is 0 Å². The number of fused-ring (bicyclic) bond motifs is 3. The average molecular weight is 707 g/mol. The first-order valence-corrected chi connectivity index (χ1v) is 18.2. The van der Waals surface area contributed by atoms with Crippen LogP contribution in [0, 0.1) is 0 Å². The second-order valence-electron chi connectivity index (χ2n) is 13.4. The van der Waals surface area contributed by atoms with Gasteiger partial charge in [-0.15, -0.1) is 0 Å². The maximum Gasteiger partial charge on any atom is 0.164 e. The highest BCUT2D eigenvalue weighted by atomic mass is 15.0. The maximum atomic E-state index is 9.16. The largest absolute Gasteiger partial charge is 0.309 e. The Morgan fingerprint density at radius 3 is 1.47 bits per heavy atom. The molecule has 0 aliphatic carbocycles. The van der Waals surface area contributed by atoms with Crippen LogP contribution < -0.4 is 0 Å². The topological polar surface area (TPSA) is 43.6 Å². The van der Waals surface area contributed by atoms with Crippen molar-refractivity contribution in [2.45, 2.75) is 0 Å². The van der Waals surface area contributed by atoms with Crippen molar-refractivity contribution in [3.63, 3.8) is 0 Å². The van der Waals surface area contributed by atoms with E-state index in [1.54, 1.807) is 0 Å². The van der Waals surface area contributed by atoms with Crippen molar-refractivity contribution in [2.24, 2.45) is 0 Å². The lowest BCUT2D eigenvalue weighted by Gasteiger charge is -2.14. The highest BCUT2D eigenvalue weighted by Crippen LogP contribution is 2.39. The molecule has 0 atom stereocenters. The summed E-state index contributed by atoms with van der Waals surface area (Å²) < 4.78 is 37.5. The van der Waals surface area contributed by atoms with Crippen LogP contribution in [0.15, 0.2) is 206 Å². The molecule has 0 fully saturated rings. The van der Waals surface area contributed by atoms with Gasteiger partial charge >= 0.3 is 0 Å². The molecule has 0 aliphatic rings. The van der Waals surface area contributed by atoms with Gasteiger partial charge < -0.3 is 4.57 Å². The van der Waals surface area contributed by atoms with Gasteiger partial charge in [-0.1, -0.05) is 176 Å². The van der Waals surface area contributed by atoms with Crippen LogP contribution in [0.5, 0.6) is 0 Å². The molecule has 2 aromatic heterocycles. The average Bonchev–Trinajstić information content (AvgIpc) is 3.67. The van der Waals surface area contributed by atoms with E-state index in [-0.39, 0.29) is 24.2 Å². The number of rotatable bonds is 7. The molecular weight excluding hydrogens is 669 g/mol. The number of hydrogen-bond donors (Lipinski definition) is 0. The van der Waals surface area contributed by atoms with Crippen LogP contribution in [0.2, 0.25) is 0 Å². The molecule has 258 valence electrons. The quantitative estimate of drug-likeness (QED) is 0.166. The van der Waals surface area contributed by atoms with E-state index in [0.717, 1.165) is 66.7 Å². The van der Waals surface area contributed by atoms with E-state index in [0.29, 0.717) is 28.4 Å². The van der Waals surface area contributed by atoms with Crippen molar-refractivity contribution in [1.29, 1.82) is 0 Å². The predicted octanol–water partition coefficient (Wildman–Crippen LogP) is 13.0. The molecule has 0 saturated carbocycles. The fraction of sp³-hybridized carbons (Fsp3) is 0. The van der Waals surface area contributed by atoms with Crippen molar-refractivity contribution >= 4 is 21.8 Å². The second kappa shape index (κ2) is 13.8. The van der Waals surface area contributed by atoms with Crippen LogP contribution in [0.3, 0.4) is 0 Å². The summed E-state index contributed by atoms with van der Waals surface area (Å²) in [5.74, 6) is 1.76. The lowest BCUT2D eigenvalue weighted by molar-refractivity contribution is 1.07. The van der Waals surface area contributed by atoms with Gasteiger partial charge in [0.1, 0.15) is 0 Å². The Hall–Kier alpha value is -7.43. The Bertz CT molecular complexity index is 3130. The van der Waals surface area contributed by atoms with Crippen molar-refractivity contribution in [3.8, 4) is 73.2 Å². The van der Waals surface area contributed by atoms with Gasteiger partial charge in [0, 0.05) is 38.7 Å². The molecule has 2 heterocycles. The third-order valence-electron chi connectivity index (χ3n) is 9.98. The Morgan fingerprint density at radius 2 is 0.836 bits per heavy atom. The molecule has 0 radical (unpaired) electrons. The van der Waals surface area contributed by atoms with Crippen molar-refractivity contribution < 1.29 is 5.48 Å². The predicted molar refractivity (Wildman–Crippen MR) is 227 cm³/mol. The summed E-state index contributed by atoms with van der Waals surface area (Å²) in [4.78, 5) is 14.7. The van der Waals surface area contributed by atoms with Crippen molar-refractivity contribution in [1.82, 2.24) is 19.5 Å². The third kappa shape index (κ3) is 6.06. The zero-order valence-electron chi connectivity index (χ0n) is 33.6. The van der Waals surface area contributed by atoms with Gasteiger partial charge in [0.2, 0.25) is 0 Å². The molecule has 4 nitrogen and oxygen atoms in total. The Balaban J connectivity index is 1.11. The van der Waals surface area contributed by atoms with E-state index in [2.05, 4.69) is 60.7 Å².